The van der Waals surface area contributed by atoms with E-state index in [1.54, 1.807) is 11.3 Å². The van der Waals surface area contributed by atoms with Crippen molar-refractivity contribution in [1.29, 1.82) is 0 Å². The lowest BCUT2D eigenvalue weighted by atomic mass is 9.94. The number of benzene rings is 1. The Bertz CT molecular complexity index is 476. The highest BCUT2D eigenvalue weighted by Crippen LogP contribution is 2.23. The van der Waals surface area contributed by atoms with Crippen LogP contribution in [0.5, 0.6) is 0 Å². The smallest absolute Gasteiger partial charge is 0.0326 e. The van der Waals surface area contributed by atoms with Gasteiger partial charge in [0.25, 0.3) is 0 Å². The van der Waals surface area contributed by atoms with Gasteiger partial charge in [-0.3, -0.25) is 0 Å². The fraction of sp³-hybridized carbons (Fsp3) is 0.412. The largest absolute Gasteiger partial charge is 0.310 e. The van der Waals surface area contributed by atoms with Crippen molar-refractivity contribution in [2.45, 2.75) is 39.2 Å². The quantitative estimate of drug-likeness (QED) is 0.777. The summed E-state index contributed by atoms with van der Waals surface area (Å²) >= 11 is 1.79. The zero-order valence-electron chi connectivity index (χ0n) is 11.9. The maximum absolute atomic E-state index is 3.64. The lowest BCUT2D eigenvalue weighted by Gasteiger charge is -2.21. The first kappa shape index (κ1) is 14.3. The predicted octanol–water partition coefficient (Wildman–Crippen LogP) is 4.59. The first-order valence-electron chi connectivity index (χ1n) is 7.17. The lowest BCUT2D eigenvalue weighted by molar-refractivity contribution is 0.512. The SMILES string of the molecule is CCNC(CCc1ccsc1)c1ccccc1CC. The molecule has 0 aliphatic rings. The number of rotatable bonds is 7. The molecule has 0 spiro atoms. The van der Waals surface area contributed by atoms with Crippen LogP contribution in [-0.2, 0) is 12.8 Å². The summed E-state index contributed by atoms with van der Waals surface area (Å²) in [6, 6.07) is 11.5. The Morgan fingerprint density at radius 1 is 1.16 bits per heavy atom. The monoisotopic (exact) mass is 273 g/mol. The molecular weight excluding hydrogens is 250 g/mol. The van der Waals surface area contributed by atoms with Crippen LogP contribution in [0.3, 0.4) is 0 Å². The van der Waals surface area contributed by atoms with E-state index in [4.69, 9.17) is 0 Å². The number of hydrogen-bond acceptors (Lipinski definition) is 2. The second kappa shape index (κ2) is 7.46. The number of nitrogens with one attached hydrogen (secondary N) is 1. The lowest BCUT2D eigenvalue weighted by Crippen LogP contribution is -2.22. The Morgan fingerprint density at radius 3 is 2.68 bits per heavy atom. The molecule has 1 unspecified atom stereocenters. The van der Waals surface area contributed by atoms with Crippen molar-refractivity contribution < 1.29 is 0 Å². The molecule has 2 heteroatoms. The van der Waals surface area contributed by atoms with E-state index in [0.717, 1.165) is 19.4 Å². The van der Waals surface area contributed by atoms with Gasteiger partial charge in [0, 0.05) is 6.04 Å². The maximum atomic E-state index is 3.64. The fourth-order valence-electron chi connectivity index (χ4n) is 2.56. The third-order valence-electron chi connectivity index (χ3n) is 3.56. The molecule has 1 N–H and O–H groups in total. The van der Waals surface area contributed by atoms with E-state index in [1.807, 2.05) is 0 Å². The molecule has 0 saturated carbocycles. The minimum atomic E-state index is 0.473. The van der Waals surface area contributed by atoms with Crippen LogP contribution >= 0.6 is 11.3 Å². The van der Waals surface area contributed by atoms with Gasteiger partial charge in [-0.25, -0.2) is 0 Å². The highest BCUT2D eigenvalue weighted by Gasteiger charge is 2.13. The third kappa shape index (κ3) is 3.92. The van der Waals surface area contributed by atoms with Gasteiger partial charge in [0.1, 0.15) is 0 Å². The van der Waals surface area contributed by atoms with Gasteiger partial charge in [-0.2, -0.15) is 11.3 Å². The Labute approximate surface area is 120 Å². The summed E-state index contributed by atoms with van der Waals surface area (Å²) in [7, 11) is 0. The fourth-order valence-corrected chi connectivity index (χ4v) is 3.26. The molecule has 19 heavy (non-hydrogen) atoms. The van der Waals surface area contributed by atoms with Crippen molar-refractivity contribution in [3.8, 4) is 0 Å². The van der Waals surface area contributed by atoms with Crippen LogP contribution < -0.4 is 5.32 Å². The van der Waals surface area contributed by atoms with Gasteiger partial charge in [-0.1, -0.05) is 38.1 Å². The van der Waals surface area contributed by atoms with Gasteiger partial charge in [0.2, 0.25) is 0 Å². The van der Waals surface area contributed by atoms with Gasteiger partial charge < -0.3 is 5.32 Å². The molecular formula is C17H23NS. The molecule has 1 nitrogen and oxygen atoms in total. The first-order chi connectivity index (χ1) is 9.35. The van der Waals surface area contributed by atoms with Crippen molar-refractivity contribution >= 4 is 11.3 Å². The summed E-state index contributed by atoms with van der Waals surface area (Å²) in [4.78, 5) is 0. The van der Waals surface area contributed by atoms with Crippen LogP contribution in [0, 0.1) is 0 Å². The molecule has 1 aromatic carbocycles. The second-order valence-corrected chi connectivity index (χ2v) is 5.61. The van der Waals surface area contributed by atoms with E-state index >= 15 is 0 Å². The molecule has 0 fully saturated rings. The van der Waals surface area contributed by atoms with E-state index in [1.165, 1.54) is 23.1 Å². The number of thiophene rings is 1. The van der Waals surface area contributed by atoms with E-state index < -0.39 is 0 Å². The molecule has 1 heterocycles. The van der Waals surface area contributed by atoms with Gasteiger partial charge in [-0.05, 0) is 59.3 Å². The molecule has 102 valence electrons. The number of hydrogen-bond donors (Lipinski definition) is 1. The van der Waals surface area contributed by atoms with Gasteiger partial charge in [0.15, 0.2) is 0 Å². The first-order valence-corrected chi connectivity index (χ1v) is 8.11. The van der Waals surface area contributed by atoms with Gasteiger partial charge in [0.05, 0.1) is 0 Å². The molecule has 0 radical (unpaired) electrons. The Balaban J connectivity index is 2.10. The molecule has 1 atom stereocenters. The van der Waals surface area contributed by atoms with Crippen molar-refractivity contribution in [2.24, 2.45) is 0 Å². The highest BCUT2D eigenvalue weighted by molar-refractivity contribution is 7.07. The van der Waals surface area contributed by atoms with Crippen molar-refractivity contribution in [1.82, 2.24) is 5.32 Å². The minimum absolute atomic E-state index is 0.473. The Kier molecular flexibility index (Phi) is 5.62. The molecule has 2 rings (SSSR count). The summed E-state index contributed by atoms with van der Waals surface area (Å²) in [6.45, 7) is 5.44. The van der Waals surface area contributed by atoms with Crippen molar-refractivity contribution in [3.63, 3.8) is 0 Å². The van der Waals surface area contributed by atoms with Gasteiger partial charge >= 0.3 is 0 Å². The van der Waals surface area contributed by atoms with Gasteiger partial charge in [-0.15, -0.1) is 0 Å². The molecule has 0 bridgehead atoms. The average molecular weight is 273 g/mol. The van der Waals surface area contributed by atoms with Crippen molar-refractivity contribution in [2.75, 3.05) is 6.54 Å². The van der Waals surface area contributed by atoms with Crippen LogP contribution in [0.1, 0.15) is 43.0 Å². The summed E-state index contributed by atoms with van der Waals surface area (Å²) in [5, 5.41) is 8.06. The minimum Gasteiger partial charge on any atom is -0.310 e. The topological polar surface area (TPSA) is 12.0 Å². The van der Waals surface area contributed by atoms with E-state index in [2.05, 4.69) is 60.3 Å². The third-order valence-corrected chi connectivity index (χ3v) is 4.30. The van der Waals surface area contributed by atoms with E-state index in [-0.39, 0.29) is 0 Å². The summed E-state index contributed by atoms with van der Waals surface area (Å²) < 4.78 is 0. The van der Waals surface area contributed by atoms with Crippen LogP contribution in [0.2, 0.25) is 0 Å². The molecule has 0 saturated heterocycles. The summed E-state index contributed by atoms with van der Waals surface area (Å²) in [5.41, 5.74) is 4.41. The zero-order chi connectivity index (χ0) is 13.5. The standard InChI is InChI=1S/C17H23NS/c1-3-15-7-5-6-8-16(15)17(18-4-2)10-9-14-11-12-19-13-14/h5-8,11-13,17-18H,3-4,9-10H2,1-2H3. The molecule has 0 aliphatic carbocycles. The zero-order valence-corrected chi connectivity index (χ0v) is 12.7. The molecule has 2 aromatic rings. The van der Waals surface area contributed by atoms with Crippen LogP contribution in [0.15, 0.2) is 41.1 Å². The van der Waals surface area contributed by atoms with Crippen molar-refractivity contribution in [3.05, 3.63) is 57.8 Å². The normalized spacial score (nSPS) is 12.5. The van der Waals surface area contributed by atoms with Crippen LogP contribution in [0.4, 0.5) is 0 Å². The van der Waals surface area contributed by atoms with Crippen LogP contribution in [0.25, 0.3) is 0 Å². The maximum Gasteiger partial charge on any atom is 0.0326 e. The summed E-state index contributed by atoms with van der Waals surface area (Å²) in [5.74, 6) is 0. The Hall–Kier alpha value is -1.12. The molecule has 1 aromatic heterocycles. The second-order valence-electron chi connectivity index (χ2n) is 4.83. The average Bonchev–Trinajstić information content (AvgIpc) is 2.96. The molecule has 0 aliphatic heterocycles. The van der Waals surface area contributed by atoms with Crippen LogP contribution in [-0.4, -0.2) is 6.54 Å². The summed E-state index contributed by atoms with van der Waals surface area (Å²) in [6.07, 6.45) is 3.43. The predicted molar refractivity (Wildman–Crippen MR) is 84.9 cm³/mol. The molecule has 0 amide bonds. The number of aryl methyl sites for hydroxylation is 2. The highest BCUT2D eigenvalue weighted by atomic mass is 32.1. The van der Waals surface area contributed by atoms with E-state index in [0.29, 0.717) is 6.04 Å². The van der Waals surface area contributed by atoms with E-state index in [9.17, 15) is 0 Å². The Morgan fingerprint density at radius 2 is 2.00 bits per heavy atom.